The number of rotatable bonds is 4. The summed E-state index contributed by atoms with van der Waals surface area (Å²) in [7, 11) is 0. The van der Waals surface area contributed by atoms with Crippen LogP contribution in [0.15, 0.2) is 176 Å². The molecule has 0 saturated heterocycles. The molecule has 0 N–H and O–H groups in total. The van der Waals surface area contributed by atoms with Crippen LogP contribution >= 0.6 is 11.3 Å². The van der Waals surface area contributed by atoms with E-state index in [2.05, 4.69) is 176 Å². The molecule has 0 bridgehead atoms. The molecule has 1 aliphatic heterocycles. The van der Waals surface area contributed by atoms with Crippen molar-refractivity contribution in [3.63, 3.8) is 0 Å². The normalized spacial score (nSPS) is 12.4. The molecule has 3 nitrogen and oxygen atoms in total. The summed E-state index contributed by atoms with van der Waals surface area (Å²) < 4.78 is 5.48. The van der Waals surface area contributed by atoms with Crippen molar-refractivity contribution in [3.05, 3.63) is 183 Å². The standard InChI is InChI=1S/C51H29IN3S/c1-2-13-36-34(11-1)35-12-3-4-14-37(35)43-29-32(27-28-38(36)43)50-53-49(54-51(55-50)42-19-10-22-46-47(42)41-16-6-8-21-45(41)56-46)31-25-23-30(24-26-31)33-17-9-18-40-39-15-5-7-20-44(39)52-48(33)40/h1-29H/q-1. The molecule has 5 heteroatoms. The molecule has 0 atom stereocenters. The Kier molecular flexibility index (Phi) is 7.22. The van der Waals surface area contributed by atoms with E-state index >= 15 is 0 Å². The molecule has 11 aromatic rings. The number of aromatic nitrogens is 3. The third kappa shape index (κ3) is 4.97. The molecule has 0 radical (unpaired) electrons. The Morgan fingerprint density at radius 3 is 1.64 bits per heavy atom. The van der Waals surface area contributed by atoms with Crippen molar-refractivity contribution in [1.29, 1.82) is 0 Å². The zero-order chi connectivity index (χ0) is 36.7. The predicted molar refractivity (Wildman–Crippen MR) is 230 cm³/mol. The molecule has 0 unspecified atom stereocenters. The van der Waals surface area contributed by atoms with E-state index in [1.54, 1.807) is 0 Å². The Labute approximate surface area is 337 Å². The molecule has 56 heavy (non-hydrogen) atoms. The topological polar surface area (TPSA) is 38.7 Å². The van der Waals surface area contributed by atoms with Crippen LogP contribution in [0.2, 0.25) is 0 Å². The van der Waals surface area contributed by atoms with Crippen LogP contribution in [0.5, 0.6) is 0 Å². The van der Waals surface area contributed by atoms with Gasteiger partial charge >= 0.3 is 218 Å². The van der Waals surface area contributed by atoms with Gasteiger partial charge in [-0.05, 0) is 39.1 Å². The minimum atomic E-state index is -0.250. The zero-order valence-corrected chi connectivity index (χ0v) is 32.8. The molecule has 3 heterocycles. The van der Waals surface area contributed by atoms with Gasteiger partial charge in [-0.1, -0.05) is 66.7 Å². The van der Waals surface area contributed by atoms with Crippen molar-refractivity contribution in [2.24, 2.45) is 0 Å². The minimum absolute atomic E-state index is 0.250. The zero-order valence-electron chi connectivity index (χ0n) is 29.9. The molecule has 0 saturated carbocycles. The maximum atomic E-state index is 5.30. The quantitative estimate of drug-likeness (QED) is 0.131. The fourth-order valence-electron chi connectivity index (χ4n) is 8.49. The molecule has 0 fully saturated rings. The van der Waals surface area contributed by atoms with Crippen LogP contribution in [0.25, 0.3) is 109 Å². The van der Waals surface area contributed by atoms with Crippen molar-refractivity contribution in [3.8, 4) is 56.4 Å². The first-order valence-electron chi connectivity index (χ1n) is 18.7. The van der Waals surface area contributed by atoms with Gasteiger partial charge in [0.2, 0.25) is 0 Å². The Hall–Kier alpha value is -6.28. The van der Waals surface area contributed by atoms with E-state index in [1.807, 2.05) is 11.3 Å². The van der Waals surface area contributed by atoms with E-state index in [9.17, 15) is 0 Å². The number of benzene rings is 9. The second kappa shape index (κ2) is 12.6. The van der Waals surface area contributed by atoms with E-state index < -0.39 is 0 Å². The van der Waals surface area contributed by atoms with E-state index in [0.717, 1.165) is 16.7 Å². The summed E-state index contributed by atoms with van der Waals surface area (Å²) in [5.41, 5.74) is 8.25. The summed E-state index contributed by atoms with van der Waals surface area (Å²) in [6.07, 6.45) is 0. The van der Waals surface area contributed by atoms with Gasteiger partial charge in [-0.2, -0.15) is 0 Å². The van der Waals surface area contributed by atoms with E-state index in [0.29, 0.717) is 17.5 Å². The van der Waals surface area contributed by atoms with Gasteiger partial charge in [0.1, 0.15) is 0 Å². The Morgan fingerprint density at radius 1 is 0.339 bits per heavy atom. The van der Waals surface area contributed by atoms with Gasteiger partial charge in [-0.3, -0.25) is 0 Å². The first kappa shape index (κ1) is 32.0. The van der Waals surface area contributed by atoms with Crippen molar-refractivity contribution >= 4 is 63.8 Å². The van der Waals surface area contributed by atoms with Crippen molar-refractivity contribution < 1.29 is 21.2 Å². The van der Waals surface area contributed by atoms with Gasteiger partial charge in [0.25, 0.3) is 0 Å². The van der Waals surface area contributed by atoms with Gasteiger partial charge < -0.3 is 0 Å². The van der Waals surface area contributed by atoms with Crippen LogP contribution in [-0.4, -0.2) is 15.0 Å². The van der Waals surface area contributed by atoms with Crippen LogP contribution in [0, 0.1) is 7.14 Å². The SMILES string of the molecule is c1ccc2c(c1)[I-]c1c(-c3ccc(-c4nc(-c5ccc6c7ccccc7c7ccccc7c6c5)nc(-c5cccc6sc7ccccc7c56)n4)cc3)cccc1-2. The second-order valence-corrected chi connectivity index (χ2v) is 18.1. The summed E-state index contributed by atoms with van der Waals surface area (Å²) >= 11 is 1.56. The molecule has 262 valence electrons. The van der Waals surface area contributed by atoms with Crippen molar-refractivity contribution in [2.75, 3.05) is 0 Å². The monoisotopic (exact) mass is 842 g/mol. The number of thiophene rings is 1. The second-order valence-electron chi connectivity index (χ2n) is 14.3. The molecule has 12 rings (SSSR count). The predicted octanol–water partition coefficient (Wildman–Crippen LogP) is 10.5. The van der Waals surface area contributed by atoms with Crippen LogP contribution < -0.4 is 21.2 Å². The Morgan fingerprint density at radius 2 is 0.857 bits per heavy atom. The van der Waals surface area contributed by atoms with Crippen LogP contribution in [0.3, 0.4) is 0 Å². The summed E-state index contributed by atoms with van der Waals surface area (Å²) in [5.74, 6) is 2.00. The number of nitrogens with zero attached hydrogens (tertiary/aromatic N) is 3. The van der Waals surface area contributed by atoms with Gasteiger partial charge in [0, 0.05) is 4.70 Å². The Balaban J connectivity index is 1.05. The van der Waals surface area contributed by atoms with Crippen LogP contribution in [0.1, 0.15) is 0 Å². The summed E-state index contributed by atoms with van der Waals surface area (Å²) in [6, 6.07) is 63.7. The van der Waals surface area contributed by atoms with Gasteiger partial charge in [0.15, 0.2) is 0 Å². The van der Waals surface area contributed by atoms with E-state index in [1.165, 1.54) is 81.9 Å². The average molecular weight is 843 g/mol. The van der Waals surface area contributed by atoms with E-state index in [-0.39, 0.29) is 21.2 Å². The van der Waals surface area contributed by atoms with Crippen LogP contribution in [0.4, 0.5) is 0 Å². The molecular formula is C51H29IN3S-. The molecule has 1 aliphatic rings. The fraction of sp³-hybridized carbons (Fsp3) is 0. The van der Waals surface area contributed by atoms with Crippen molar-refractivity contribution in [1.82, 2.24) is 15.0 Å². The maximum absolute atomic E-state index is 5.30. The first-order chi connectivity index (χ1) is 27.7. The van der Waals surface area contributed by atoms with Gasteiger partial charge in [0.05, 0.1) is 0 Å². The fourth-order valence-corrected chi connectivity index (χ4v) is 12.9. The molecule has 0 aliphatic carbocycles. The third-order valence-electron chi connectivity index (χ3n) is 11.1. The molecular weight excluding hydrogens is 814 g/mol. The molecule has 9 aromatic carbocycles. The number of hydrogen-bond donors (Lipinski definition) is 0. The Bertz CT molecular complexity index is 3370. The van der Waals surface area contributed by atoms with E-state index in [4.69, 9.17) is 15.0 Å². The number of fused-ring (bicyclic) bond motifs is 12. The summed E-state index contributed by atoms with van der Waals surface area (Å²) in [4.78, 5) is 15.8. The third-order valence-corrected chi connectivity index (χ3v) is 15.5. The molecule has 0 amide bonds. The van der Waals surface area contributed by atoms with Crippen molar-refractivity contribution in [2.45, 2.75) is 0 Å². The van der Waals surface area contributed by atoms with Crippen LogP contribution in [-0.2, 0) is 0 Å². The first-order valence-corrected chi connectivity index (χ1v) is 21.7. The average Bonchev–Trinajstić information content (AvgIpc) is 3.85. The van der Waals surface area contributed by atoms with Gasteiger partial charge in [-0.25, -0.2) is 0 Å². The summed E-state index contributed by atoms with van der Waals surface area (Å²) in [6.45, 7) is 0. The number of hydrogen-bond acceptors (Lipinski definition) is 4. The molecule has 2 aromatic heterocycles. The summed E-state index contributed by atoms with van der Waals surface area (Å²) in [5, 5.41) is 9.80. The number of halogens is 1. The molecule has 0 spiro atoms. The van der Waals surface area contributed by atoms with Gasteiger partial charge in [-0.15, -0.1) is 11.3 Å².